The molecule has 1 aromatic rings. The smallest absolute Gasteiger partial charge is 0.240 e. The number of hydrogen-bond donors (Lipinski definition) is 0. The van der Waals surface area contributed by atoms with Crippen LogP contribution in [0.1, 0.15) is 17.3 Å². The second kappa shape index (κ2) is 4.11. The summed E-state index contributed by atoms with van der Waals surface area (Å²) in [5, 5.41) is 0. The molecule has 106 valence electrons. The summed E-state index contributed by atoms with van der Waals surface area (Å²) in [5.41, 5.74) is 0.953. The summed E-state index contributed by atoms with van der Waals surface area (Å²) < 4.78 is 5.59. The number of hydrogen-bond acceptors (Lipinski definition) is 4. The largest absolute Gasteiger partial charge is 0.365 e. The van der Waals surface area contributed by atoms with Crippen LogP contribution >= 0.6 is 0 Å². The summed E-state index contributed by atoms with van der Waals surface area (Å²) in [4.78, 5) is 37.8. The summed E-state index contributed by atoms with van der Waals surface area (Å²) in [6, 6.07) is 6.63. The molecule has 0 spiro atoms. The number of carbonyl (C=O) groups is 3. The molecule has 2 bridgehead atoms. The van der Waals surface area contributed by atoms with E-state index in [-0.39, 0.29) is 29.8 Å². The number of benzene rings is 1. The fraction of sp³-hybridized carbons (Fsp3) is 0.312. The Balaban J connectivity index is 1.74. The molecule has 1 aromatic carbocycles. The van der Waals surface area contributed by atoms with Crippen molar-refractivity contribution < 1.29 is 19.1 Å². The Bertz CT molecular complexity index is 678. The highest BCUT2D eigenvalue weighted by Gasteiger charge is 2.60. The lowest BCUT2D eigenvalue weighted by Crippen LogP contribution is -2.34. The fourth-order valence-electron chi connectivity index (χ4n) is 3.42. The van der Waals surface area contributed by atoms with Crippen molar-refractivity contribution in [1.29, 1.82) is 0 Å². The summed E-state index contributed by atoms with van der Waals surface area (Å²) in [6.07, 6.45) is 3.12. The van der Waals surface area contributed by atoms with Crippen LogP contribution in [0.4, 0.5) is 5.69 Å². The van der Waals surface area contributed by atoms with Crippen LogP contribution in [-0.4, -0.2) is 29.8 Å². The number of anilines is 1. The number of imide groups is 1. The first-order valence-corrected chi connectivity index (χ1v) is 6.90. The second-order valence-corrected chi connectivity index (χ2v) is 5.62. The normalized spacial score (nSPS) is 32.9. The van der Waals surface area contributed by atoms with Crippen LogP contribution in [0.15, 0.2) is 36.4 Å². The molecule has 21 heavy (non-hydrogen) atoms. The number of nitrogens with zero attached hydrogens (tertiary/aromatic N) is 1. The molecule has 2 saturated heterocycles. The molecule has 0 N–H and O–H groups in total. The topological polar surface area (TPSA) is 63.7 Å². The molecule has 0 aliphatic carbocycles. The molecule has 0 saturated carbocycles. The van der Waals surface area contributed by atoms with Gasteiger partial charge in [-0.1, -0.05) is 24.3 Å². The van der Waals surface area contributed by atoms with E-state index in [0.29, 0.717) is 11.3 Å². The third-order valence-corrected chi connectivity index (χ3v) is 4.42. The van der Waals surface area contributed by atoms with Gasteiger partial charge in [0.05, 0.1) is 29.7 Å². The van der Waals surface area contributed by atoms with Gasteiger partial charge in [0.2, 0.25) is 11.8 Å². The number of carbonyl (C=O) groups excluding carboxylic acids is 3. The minimum absolute atomic E-state index is 0.0961. The molecule has 5 heteroatoms. The van der Waals surface area contributed by atoms with E-state index in [2.05, 4.69) is 0 Å². The SMILES string of the molecule is CC(=O)c1cccc(N2C(=O)[C@@H]3[C@H](C2=O)[C@H]2C=C[C@H]3O2)c1. The summed E-state index contributed by atoms with van der Waals surface area (Å²) in [5.74, 6) is -1.41. The number of ketones is 1. The minimum Gasteiger partial charge on any atom is -0.365 e. The predicted octanol–water partition coefficient (Wildman–Crippen LogP) is 1.33. The van der Waals surface area contributed by atoms with Crippen LogP contribution in [0.5, 0.6) is 0 Å². The quantitative estimate of drug-likeness (QED) is 0.466. The maximum Gasteiger partial charge on any atom is 0.240 e. The molecule has 3 aliphatic rings. The van der Waals surface area contributed by atoms with E-state index in [1.54, 1.807) is 24.3 Å². The highest BCUT2D eigenvalue weighted by Crippen LogP contribution is 2.46. The van der Waals surface area contributed by atoms with Gasteiger partial charge in [-0.3, -0.25) is 14.4 Å². The lowest BCUT2D eigenvalue weighted by molar-refractivity contribution is -0.124. The molecule has 0 aromatic heterocycles. The van der Waals surface area contributed by atoms with Gasteiger partial charge in [0.25, 0.3) is 0 Å². The zero-order valence-corrected chi connectivity index (χ0v) is 11.4. The zero-order valence-electron chi connectivity index (χ0n) is 11.4. The van der Waals surface area contributed by atoms with Crippen molar-refractivity contribution in [3.05, 3.63) is 42.0 Å². The molecule has 2 fully saturated rings. The van der Waals surface area contributed by atoms with Gasteiger partial charge >= 0.3 is 0 Å². The molecular weight excluding hydrogens is 270 g/mol. The molecule has 4 atom stereocenters. The highest BCUT2D eigenvalue weighted by molar-refractivity contribution is 6.23. The lowest BCUT2D eigenvalue weighted by atomic mass is 9.85. The van der Waals surface area contributed by atoms with Crippen molar-refractivity contribution in [3.63, 3.8) is 0 Å². The number of rotatable bonds is 2. The Hall–Kier alpha value is -2.27. The van der Waals surface area contributed by atoms with Gasteiger partial charge in [0, 0.05) is 5.56 Å². The predicted molar refractivity (Wildman–Crippen MR) is 73.7 cm³/mol. The van der Waals surface area contributed by atoms with E-state index < -0.39 is 11.8 Å². The first kappa shape index (κ1) is 12.5. The van der Waals surface area contributed by atoms with E-state index >= 15 is 0 Å². The van der Waals surface area contributed by atoms with Gasteiger partial charge in [-0.05, 0) is 19.1 Å². The van der Waals surface area contributed by atoms with E-state index in [1.807, 2.05) is 12.2 Å². The molecule has 4 rings (SSSR count). The van der Waals surface area contributed by atoms with Crippen molar-refractivity contribution in [1.82, 2.24) is 0 Å². The number of fused-ring (bicyclic) bond motifs is 5. The molecule has 5 nitrogen and oxygen atoms in total. The third kappa shape index (κ3) is 1.58. The minimum atomic E-state index is -0.423. The standard InChI is InChI=1S/C16H13NO4/c1-8(18)9-3-2-4-10(7-9)17-15(19)13-11-5-6-12(21-11)14(13)16(17)20/h2-7,11-14H,1H3/t11-,12-,13-,14+/m1/s1. The maximum absolute atomic E-state index is 12.6. The number of amides is 2. The summed E-state index contributed by atoms with van der Waals surface area (Å²) in [7, 11) is 0. The first-order chi connectivity index (χ1) is 10.1. The molecular formula is C16H13NO4. The Morgan fingerprint density at radius 3 is 2.29 bits per heavy atom. The van der Waals surface area contributed by atoms with Gasteiger partial charge in [-0.15, -0.1) is 0 Å². The van der Waals surface area contributed by atoms with Crippen molar-refractivity contribution >= 4 is 23.3 Å². The van der Waals surface area contributed by atoms with Crippen molar-refractivity contribution in [2.24, 2.45) is 11.8 Å². The Labute approximate surface area is 121 Å². The third-order valence-electron chi connectivity index (χ3n) is 4.42. The van der Waals surface area contributed by atoms with Crippen LogP contribution in [-0.2, 0) is 14.3 Å². The Morgan fingerprint density at radius 2 is 1.71 bits per heavy atom. The zero-order chi connectivity index (χ0) is 14.7. The molecule has 0 radical (unpaired) electrons. The van der Waals surface area contributed by atoms with Gasteiger partial charge in [-0.25, -0.2) is 4.90 Å². The number of Topliss-reactive ketones (excluding diaryl/α,β-unsaturated/α-hetero) is 1. The van der Waals surface area contributed by atoms with Crippen LogP contribution in [0.2, 0.25) is 0 Å². The molecule has 2 amide bonds. The van der Waals surface area contributed by atoms with Crippen LogP contribution in [0.3, 0.4) is 0 Å². The van der Waals surface area contributed by atoms with Crippen LogP contribution in [0.25, 0.3) is 0 Å². The van der Waals surface area contributed by atoms with Crippen molar-refractivity contribution in [2.75, 3.05) is 4.90 Å². The van der Waals surface area contributed by atoms with Crippen LogP contribution in [0, 0.1) is 11.8 Å². The fourth-order valence-corrected chi connectivity index (χ4v) is 3.42. The van der Waals surface area contributed by atoms with Gasteiger partial charge in [0.1, 0.15) is 0 Å². The van der Waals surface area contributed by atoms with Crippen molar-refractivity contribution in [2.45, 2.75) is 19.1 Å². The molecule has 3 heterocycles. The van der Waals surface area contributed by atoms with Gasteiger partial charge in [0.15, 0.2) is 5.78 Å². The van der Waals surface area contributed by atoms with E-state index in [0.717, 1.165) is 0 Å². The van der Waals surface area contributed by atoms with Crippen LogP contribution < -0.4 is 4.90 Å². The van der Waals surface area contributed by atoms with E-state index in [9.17, 15) is 14.4 Å². The second-order valence-electron chi connectivity index (χ2n) is 5.62. The summed E-state index contributed by atoms with van der Waals surface area (Å²) >= 11 is 0. The Kier molecular flexibility index (Phi) is 2.44. The molecule has 3 aliphatic heterocycles. The number of ether oxygens (including phenoxy) is 1. The maximum atomic E-state index is 12.6. The average Bonchev–Trinajstić information content (AvgIpc) is 3.13. The lowest BCUT2D eigenvalue weighted by Gasteiger charge is -2.18. The monoisotopic (exact) mass is 283 g/mol. The Morgan fingerprint density at radius 1 is 1.10 bits per heavy atom. The molecule has 0 unspecified atom stereocenters. The van der Waals surface area contributed by atoms with E-state index in [4.69, 9.17) is 4.74 Å². The summed E-state index contributed by atoms with van der Waals surface area (Å²) in [6.45, 7) is 1.46. The van der Waals surface area contributed by atoms with Crippen molar-refractivity contribution in [3.8, 4) is 0 Å². The highest BCUT2D eigenvalue weighted by atomic mass is 16.5. The van der Waals surface area contributed by atoms with Gasteiger partial charge in [-0.2, -0.15) is 0 Å². The van der Waals surface area contributed by atoms with Gasteiger partial charge < -0.3 is 4.74 Å². The van der Waals surface area contributed by atoms with E-state index in [1.165, 1.54) is 11.8 Å². The average molecular weight is 283 g/mol. The first-order valence-electron chi connectivity index (χ1n) is 6.90.